The van der Waals surface area contributed by atoms with Crippen molar-refractivity contribution in [2.24, 2.45) is 5.92 Å². The first kappa shape index (κ1) is 15.7. The van der Waals surface area contributed by atoms with Gasteiger partial charge in [-0.05, 0) is 55.9 Å². The number of rotatable bonds is 5. The second-order valence-corrected chi connectivity index (χ2v) is 5.88. The summed E-state index contributed by atoms with van der Waals surface area (Å²) in [7, 11) is 3.51. The quantitative estimate of drug-likeness (QED) is 0.836. The number of nitrogens with zero attached hydrogens (tertiary/aromatic N) is 1. The van der Waals surface area contributed by atoms with Crippen molar-refractivity contribution in [3.63, 3.8) is 0 Å². The van der Waals surface area contributed by atoms with Crippen LogP contribution < -0.4 is 9.47 Å². The Morgan fingerprint density at radius 2 is 1.71 bits per heavy atom. The topological polar surface area (TPSA) is 38.8 Å². The fourth-order valence-corrected chi connectivity index (χ4v) is 2.75. The fraction of sp³-hybridized carbons (Fsp3) is 0.588. The summed E-state index contributed by atoms with van der Waals surface area (Å²) < 4.78 is 10.6. The van der Waals surface area contributed by atoms with E-state index in [1.807, 2.05) is 36.2 Å². The molecule has 0 N–H and O–H groups in total. The summed E-state index contributed by atoms with van der Waals surface area (Å²) in [4.78, 5) is 14.1. The lowest BCUT2D eigenvalue weighted by atomic mass is 9.87. The molecule has 21 heavy (non-hydrogen) atoms. The Kier molecular flexibility index (Phi) is 5.48. The average molecular weight is 291 g/mol. The molecule has 0 spiro atoms. The Balaban J connectivity index is 1.80. The fourth-order valence-electron chi connectivity index (χ4n) is 2.75. The zero-order valence-corrected chi connectivity index (χ0v) is 13.2. The first-order chi connectivity index (χ1) is 10.1. The largest absolute Gasteiger partial charge is 0.497 e. The predicted molar refractivity (Wildman–Crippen MR) is 82.7 cm³/mol. The maximum atomic E-state index is 12.2. The van der Waals surface area contributed by atoms with Gasteiger partial charge in [-0.3, -0.25) is 4.79 Å². The zero-order chi connectivity index (χ0) is 15.2. The van der Waals surface area contributed by atoms with E-state index in [0.717, 1.165) is 24.5 Å². The van der Waals surface area contributed by atoms with Crippen molar-refractivity contribution >= 4 is 5.91 Å². The number of benzene rings is 1. The van der Waals surface area contributed by atoms with Crippen LogP contribution in [0.25, 0.3) is 0 Å². The second kappa shape index (κ2) is 7.34. The van der Waals surface area contributed by atoms with Crippen LogP contribution in [0.5, 0.6) is 11.5 Å². The van der Waals surface area contributed by atoms with Gasteiger partial charge in [0.15, 0.2) is 6.61 Å². The van der Waals surface area contributed by atoms with Crippen molar-refractivity contribution in [1.82, 2.24) is 4.90 Å². The predicted octanol–water partition coefficient (Wildman–Crippen LogP) is 3.11. The summed E-state index contributed by atoms with van der Waals surface area (Å²) in [5, 5.41) is 0. The normalized spacial score (nSPS) is 21.7. The number of hydrogen-bond donors (Lipinski definition) is 0. The van der Waals surface area contributed by atoms with E-state index in [1.54, 1.807) is 7.11 Å². The Morgan fingerprint density at radius 3 is 2.29 bits per heavy atom. The number of hydrogen-bond acceptors (Lipinski definition) is 3. The van der Waals surface area contributed by atoms with Gasteiger partial charge in [0, 0.05) is 13.1 Å². The molecule has 116 valence electrons. The van der Waals surface area contributed by atoms with E-state index in [1.165, 1.54) is 12.8 Å². The van der Waals surface area contributed by atoms with Gasteiger partial charge in [-0.1, -0.05) is 6.92 Å². The van der Waals surface area contributed by atoms with Gasteiger partial charge in [-0.25, -0.2) is 0 Å². The van der Waals surface area contributed by atoms with Gasteiger partial charge in [0.1, 0.15) is 11.5 Å². The molecule has 2 rings (SSSR count). The third-order valence-electron chi connectivity index (χ3n) is 4.35. The SMILES string of the molecule is COc1ccc(OCC(=O)N(C)C2CCC(C)CC2)cc1. The van der Waals surface area contributed by atoms with Gasteiger partial charge in [0.2, 0.25) is 0 Å². The van der Waals surface area contributed by atoms with Crippen LogP contribution in [0.4, 0.5) is 0 Å². The number of likely N-dealkylation sites (N-methyl/N-ethyl adjacent to an activating group) is 1. The lowest BCUT2D eigenvalue weighted by Gasteiger charge is -2.33. The molecule has 1 aliphatic carbocycles. The molecule has 1 aromatic rings. The van der Waals surface area contributed by atoms with E-state index in [-0.39, 0.29) is 12.5 Å². The molecule has 0 unspecified atom stereocenters. The molecule has 1 aromatic carbocycles. The number of methoxy groups -OCH3 is 1. The summed E-state index contributed by atoms with van der Waals surface area (Å²) in [6.45, 7) is 2.37. The van der Waals surface area contributed by atoms with Crippen LogP contribution in [0.1, 0.15) is 32.6 Å². The molecule has 1 saturated carbocycles. The van der Waals surface area contributed by atoms with E-state index < -0.39 is 0 Å². The molecule has 4 heteroatoms. The average Bonchev–Trinajstić information content (AvgIpc) is 2.53. The Hall–Kier alpha value is -1.71. The highest BCUT2D eigenvalue weighted by molar-refractivity contribution is 5.77. The molecule has 0 atom stereocenters. The van der Waals surface area contributed by atoms with Crippen molar-refractivity contribution in [2.45, 2.75) is 38.6 Å². The minimum Gasteiger partial charge on any atom is -0.497 e. The first-order valence-corrected chi connectivity index (χ1v) is 7.62. The van der Waals surface area contributed by atoms with Gasteiger partial charge >= 0.3 is 0 Å². The molecule has 0 aliphatic heterocycles. The van der Waals surface area contributed by atoms with Crippen LogP contribution in [0, 0.1) is 5.92 Å². The molecule has 0 heterocycles. The summed E-state index contributed by atoms with van der Waals surface area (Å²) in [5.41, 5.74) is 0. The lowest BCUT2D eigenvalue weighted by Crippen LogP contribution is -2.41. The number of carbonyl (C=O) groups is 1. The van der Waals surface area contributed by atoms with E-state index >= 15 is 0 Å². The minimum atomic E-state index is 0.0466. The molecular formula is C17H25NO3. The smallest absolute Gasteiger partial charge is 0.260 e. The van der Waals surface area contributed by atoms with E-state index in [4.69, 9.17) is 9.47 Å². The first-order valence-electron chi connectivity index (χ1n) is 7.62. The van der Waals surface area contributed by atoms with Crippen LogP contribution in [-0.2, 0) is 4.79 Å². The summed E-state index contributed by atoms with van der Waals surface area (Å²) in [5.74, 6) is 2.31. The Morgan fingerprint density at radius 1 is 1.14 bits per heavy atom. The number of carbonyl (C=O) groups excluding carboxylic acids is 1. The molecule has 1 aliphatic rings. The van der Waals surface area contributed by atoms with Gasteiger partial charge < -0.3 is 14.4 Å². The summed E-state index contributed by atoms with van der Waals surface area (Å²) >= 11 is 0. The minimum absolute atomic E-state index is 0.0466. The van der Waals surface area contributed by atoms with Crippen LogP contribution in [-0.4, -0.2) is 37.6 Å². The highest BCUT2D eigenvalue weighted by Crippen LogP contribution is 2.26. The molecule has 0 aromatic heterocycles. The Labute approximate surface area is 127 Å². The summed E-state index contributed by atoms with van der Waals surface area (Å²) in [6.07, 6.45) is 4.63. The second-order valence-electron chi connectivity index (χ2n) is 5.88. The van der Waals surface area contributed by atoms with Crippen LogP contribution >= 0.6 is 0 Å². The zero-order valence-electron chi connectivity index (χ0n) is 13.2. The molecule has 4 nitrogen and oxygen atoms in total. The van der Waals surface area contributed by atoms with Crippen LogP contribution in [0.2, 0.25) is 0 Å². The highest BCUT2D eigenvalue weighted by atomic mass is 16.5. The number of ether oxygens (including phenoxy) is 2. The Bertz CT molecular complexity index is 450. The van der Waals surface area contributed by atoms with Crippen molar-refractivity contribution < 1.29 is 14.3 Å². The molecule has 0 saturated heterocycles. The maximum absolute atomic E-state index is 12.2. The molecule has 0 radical (unpaired) electrons. The van der Waals surface area contributed by atoms with Crippen molar-refractivity contribution in [1.29, 1.82) is 0 Å². The standard InChI is InChI=1S/C17H25NO3/c1-13-4-6-14(7-5-13)18(2)17(19)12-21-16-10-8-15(20-3)9-11-16/h8-11,13-14H,4-7,12H2,1-3H3. The molecule has 0 bridgehead atoms. The van der Waals surface area contributed by atoms with E-state index in [9.17, 15) is 4.79 Å². The van der Waals surface area contributed by atoms with Crippen molar-refractivity contribution in [3.8, 4) is 11.5 Å². The molecule has 1 fully saturated rings. The lowest BCUT2D eigenvalue weighted by molar-refractivity contribution is -0.134. The van der Waals surface area contributed by atoms with Gasteiger partial charge in [0.25, 0.3) is 5.91 Å². The van der Waals surface area contributed by atoms with Gasteiger partial charge in [-0.2, -0.15) is 0 Å². The van der Waals surface area contributed by atoms with Crippen LogP contribution in [0.3, 0.4) is 0 Å². The summed E-state index contributed by atoms with van der Waals surface area (Å²) in [6, 6.07) is 7.65. The molecule has 1 amide bonds. The van der Waals surface area contributed by atoms with Gasteiger partial charge in [0.05, 0.1) is 7.11 Å². The van der Waals surface area contributed by atoms with E-state index in [0.29, 0.717) is 11.8 Å². The monoisotopic (exact) mass is 291 g/mol. The van der Waals surface area contributed by atoms with Crippen LogP contribution in [0.15, 0.2) is 24.3 Å². The maximum Gasteiger partial charge on any atom is 0.260 e. The third kappa shape index (κ3) is 4.38. The third-order valence-corrected chi connectivity index (χ3v) is 4.35. The van der Waals surface area contributed by atoms with Crippen molar-refractivity contribution in [3.05, 3.63) is 24.3 Å². The van der Waals surface area contributed by atoms with Gasteiger partial charge in [-0.15, -0.1) is 0 Å². The van der Waals surface area contributed by atoms with Crippen molar-refractivity contribution in [2.75, 3.05) is 20.8 Å². The van der Waals surface area contributed by atoms with E-state index in [2.05, 4.69) is 6.92 Å². The number of amides is 1. The highest BCUT2D eigenvalue weighted by Gasteiger charge is 2.24. The molecular weight excluding hydrogens is 266 g/mol.